The lowest BCUT2D eigenvalue weighted by Gasteiger charge is -2.21. The van der Waals surface area contributed by atoms with Crippen molar-refractivity contribution in [3.63, 3.8) is 0 Å². The Hall–Kier alpha value is -2.64. The lowest BCUT2D eigenvalue weighted by Crippen LogP contribution is -2.30. The molecule has 0 fully saturated rings. The van der Waals surface area contributed by atoms with Gasteiger partial charge in [-0.3, -0.25) is 9.48 Å². The zero-order valence-electron chi connectivity index (χ0n) is 16.6. The average Bonchev–Trinajstić information content (AvgIpc) is 3.41. The van der Waals surface area contributed by atoms with Crippen LogP contribution >= 0.6 is 11.3 Å². The highest BCUT2D eigenvalue weighted by Gasteiger charge is 2.23. The van der Waals surface area contributed by atoms with Gasteiger partial charge in [0.05, 0.1) is 0 Å². The summed E-state index contributed by atoms with van der Waals surface area (Å²) in [5, 5.41) is 9.52. The van der Waals surface area contributed by atoms with Crippen molar-refractivity contribution in [3.8, 4) is 5.75 Å². The Morgan fingerprint density at radius 1 is 1.21 bits per heavy atom. The Balaban J connectivity index is 1.42. The van der Waals surface area contributed by atoms with Crippen LogP contribution in [0.1, 0.15) is 39.9 Å². The molecule has 0 saturated carbocycles. The normalized spacial score (nSPS) is 15.1. The molecule has 4 rings (SSSR count). The molecule has 1 aromatic carbocycles. The van der Waals surface area contributed by atoms with Gasteiger partial charge in [-0.05, 0) is 55.2 Å². The van der Waals surface area contributed by atoms with E-state index >= 15 is 0 Å². The lowest BCUT2D eigenvalue weighted by atomic mass is 10.1. The predicted molar refractivity (Wildman–Crippen MR) is 114 cm³/mol. The Morgan fingerprint density at radius 2 is 2.07 bits per heavy atom. The third-order valence-electron chi connectivity index (χ3n) is 5.11. The van der Waals surface area contributed by atoms with Crippen molar-refractivity contribution in [2.75, 3.05) is 20.1 Å². The van der Waals surface area contributed by atoms with Crippen molar-refractivity contribution in [3.05, 3.63) is 70.2 Å². The standard InChI is InChI=1S/C22H26N4O2S/c1-23-11-10-20(21-4-2-15-29-21)28-18-7-5-17(6-8-18)16-25-13-3-14-26-19(22(25)27)9-12-24-26/h2,4-9,12,15,20,23H,3,10-11,13-14,16H2,1H3/t20-/m0/s1. The molecule has 0 bridgehead atoms. The minimum absolute atomic E-state index is 0.0424. The van der Waals surface area contributed by atoms with Gasteiger partial charge in [0.25, 0.3) is 5.91 Å². The van der Waals surface area contributed by atoms with Crippen LogP contribution in [0, 0.1) is 0 Å². The summed E-state index contributed by atoms with van der Waals surface area (Å²) in [5.74, 6) is 0.897. The number of hydrogen-bond acceptors (Lipinski definition) is 5. The quantitative estimate of drug-likeness (QED) is 0.615. The SMILES string of the molecule is CNCC[C@H](Oc1ccc(CN2CCCn3nccc3C2=O)cc1)c1cccs1. The number of aryl methyl sites for hydroxylation is 1. The van der Waals surface area contributed by atoms with E-state index in [9.17, 15) is 4.79 Å². The van der Waals surface area contributed by atoms with Crippen LogP contribution in [0.15, 0.2) is 54.0 Å². The van der Waals surface area contributed by atoms with E-state index in [1.165, 1.54) is 4.88 Å². The van der Waals surface area contributed by atoms with E-state index in [4.69, 9.17) is 4.74 Å². The monoisotopic (exact) mass is 410 g/mol. The highest BCUT2D eigenvalue weighted by molar-refractivity contribution is 7.10. The second kappa shape index (κ2) is 9.24. The number of hydrogen-bond donors (Lipinski definition) is 1. The van der Waals surface area contributed by atoms with Gasteiger partial charge in [-0.25, -0.2) is 0 Å². The predicted octanol–water partition coefficient (Wildman–Crippen LogP) is 3.72. The van der Waals surface area contributed by atoms with E-state index in [1.807, 2.05) is 36.2 Å². The van der Waals surface area contributed by atoms with Crippen LogP contribution in [0.25, 0.3) is 0 Å². The first kappa shape index (κ1) is 19.7. The van der Waals surface area contributed by atoms with Gasteiger partial charge in [-0.2, -0.15) is 5.10 Å². The van der Waals surface area contributed by atoms with Gasteiger partial charge in [-0.1, -0.05) is 18.2 Å². The largest absolute Gasteiger partial charge is 0.485 e. The summed E-state index contributed by atoms with van der Waals surface area (Å²) >= 11 is 1.72. The van der Waals surface area contributed by atoms with Gasteiger partial charge < -0.3 is 15.0 Å². The summed E-state index contributed by atoms with van der Waals surface area (Å²) in [6.07, 6.45) is 3.56. The number of thiophene rings is 1. The summed E-state index contributed by atoms with van der Waals surface area (Å²) in [7, 11) is 1.96. The number of aromatic nitrogens is 2. The van der Waals surface area contributed by atoms with Crippen molar-refractivity contribution in [1.82, 2.24) is 20.0 Å². The van der Waals surface area contributed by atoms with Gasteiger partial charge in [0.15, 0.2) is 0 Å². The molecule has 0 spiro atoms. The zero-order valence-corrected chi connectivity index (χ0v) is 17.4. The van der Waals surface area contributed by atoms with Gasteiger partial charge >= 0.3 is 0 Å². The van der Waals surface area contributed by atoms with Crippen molar-refractivity contribution >= 4 is 17.2 Å². The van der Waals surface area contributed by atoms with E-state index in [0.717, 1.165) is 43.8 Å². The number of nitrogens with zero attached hydrogens (tertiary/aromatic N) is 3. The summed E-state index contributed by atoms with van der Waals surface area (Å²) in [6.45, 7) is 3.02. The minimum atomic E-state index is 0.0424. The molecule has 3 aromatic rings. The molecular formula is C22H26N4O2S. The molecule has 3 heterocycles. The first-order valence-electron chi connectivity index (χ1n) is 9.99. The second-order valence-corrected chi connectivity index (χ2v) is 8.16. The maximum absolute atomic E-state index is 12.8. The summed E-state index contributed by atoms with van der Waals surface area (Å²) in [5.41, 5.74) is 1.77. The molecule has 0 radical (unpaired) electrons. The molecule has 0 aliphatic carbocycles. The van der Waals surface area contributed by atoms with Crippen LogP contribution in [0.3, 0.4) is 0 Å². The van der Waals surface area contributed by atoms with Gasteiger partial charge in [0.2, 0.25) is 0 Å². The molecular weight excluding hydrogens is 384 g/mol. The first-order valence-corrected chi connectivity index (χ1v) is 10.9. The number of carbonyl (C=O) groups is 1. The maximum Gasteiger partial charge on any atom is 0.272 e. The number of nitrogens with one attached hydrogen (secondary N) is 1. The fourth-order valence-electron chi connectivity index (χ4n) is 3.59. The Labute approximate surface area is 175 Å². The molecule has 1 aliphatic heterocycles. The van der Waals surface area contributed by atoms with E-state index < -0.39 is 0 Å². The Bertz CT molecular complexity index is 921. The smallest absolute Gasteiger partial charge is 0.272 e. The van der Waals surface area contributed by atoms with Crippen LogP contribution in [0.5, 0.6) is 5.75 Å². The lowest BCUT2D eigenvalue weighted by molar-refractivity contribution is 0.0745. The highest BCUT2D eigenvalue weighted by atomic mass is 32.1. The van der Waals surface area contributed by atoms with E-state index in [0.29, 0.717) is 12.2 Å². The molecule has 29 heavy (non-hydrogen) atoms. The van der Waals surface area contributed by atoms with E-state index in [1.54, 1.807) is 28.3 Å². The van der Waals surface area contributed by atoms with Crippen molar-refractivity contribution < 1.29 is 9.53 Å². The third kappa shape index (κ3) is 4.68. The third-order valence-corrected chi connectivity index (χ3v) is 6.08. The first-order chi connectivity index (χ1) is 14.2. The van der Waals surface area contributed by atoms with E-state index in [-0.39, 0.29) is 12.0 Å². The molecule has 0 unspecified atom stereocenters. The van der Waals surface area contributed by atoms with Gasteiger partial charge in [0.1, 0.15) is 17.5 Å². The minimum Gasteiger partial charge on any atom is -0.485 e. The molecule has 0 saturated heterocycles. The fourth-order valence-corrected chi connectivity index (χ4v) is 4.37. The topological polar surface area (TPSA) is 59.4 Å². The molecule has 1 aliphatic rings. The summed E-state index contributed by atoms with van der Waals surface area (Å²) in [6, 6.07) is 14.1. The van der Waals surface area contributed by atoms with Gasteiger partial charge in [0, 0.05) is 37.1 Å². The molecule has 1 N–H and O–H groups in total. The summed E-state index contributed by atoms with van der Waals surface area (Å²) < 4.78 is 8.06. The molecule has 152 valence electrons. The van der Waals surface area contributed by atoms with Crippen molar-refractivity contribution in [2.45, 2.75) is 32.0 Å². The van der Waals surface area contributed by atoms with Crippen LogP contribution in [0.2, 0.25) is 0 Å². The van der Waals surface area contributed by atoms with Crippen LogP contribution in [-0.2, 0) is 13.1 Å². The number of fused-ring (bicyclic) bond motifs is 1. The fraction of sp³-hybridized carbons (Fsp3) is 0.364. The molecule has 6 nitrogen and oxygen atoms in total. The van der Waals surface area contributed by atoms with E-state index in [2.05, 4.69) is 27.9 Å². The molecule has 1 amide bonds. The second-order valence-electron chi connectivity index (χ2n) is 7.18. The molecule has 7 heteroatoms. The van der Waals surface area contributed by atoms with Crippen molar-refractivity contribution in [2.24, 2.45) is 0 Å². The van der Waals surface area contributed by atoms with Crippen LogP contribution in [0.4, 0.5) is 0 Å². The Morgan fingerprint density at radius 3 is 2.83 bits per heavy atom. The average molecular weight is 411 g/mol. The Kier molecular flexibility index (Phi) is 6.27. The summed E-state index contributed by atoms with van der Waals surface area (Å²) in [4.78, 5) is 15.9. The highest BCUT2D eigenvalue weighted by Crippen LogP contribution is 2.28. The van der Waals surface area contributed by atoms with Crippen LogP contribution in [-0.4, -0.2) is 40.7 Å². The van der Waals surface area contributed by atoms with Crippen LogP contribution < -0.4 is 10.1 Å². The number of ether oxygens (including phenoxy) is 1. The number of amides is 1. The number of carbonyl (C=O) groups excluding carboxylic acids is 1. The van der Waals surface area contributed by atoms with Crippen molar-refractivity contribution in [1.29, 1.82) is 0 Å². The zero-order chi connectivity index (χ0) is 20.1. The number of benzene rings is 1. The molecule has 1 atom stereocenters. The number of rotatable bonds is 8. The maximum atomic E-state index is 12.8. The van der Waals surface area contributed by atoms with Gasteiger partial charge in [-0.15, -0.1) is 11.3 Å². The molecule has 2 aromatic heterocycles.